The van der Waals surface area contributed by atoms with Gasteiger partial charge >= 0.3 is 0 Å². The zero-order chi connectivity index (χ0) is 14.1. The van der Waals surface area contributed by atoms with E-state index in [4.69, 9.17) is 0 Å². The second-order valence-corrected chi connectivity index (χ2v) is 4.53. The summed E-state index contributed by atoms with van der Waals surface area (Å²) in [7, 11) is 0. The third-order valence-corrected chi connectivity index (χ3v) is 3.28. The minimum atomic E-state index is -0.391. The second-order valence-electron chi connectivity index (χ2n) is 4.53. The van der Waals surface area contributed by atoms with E-state index < -0.39 is 5.78 Å². The van der Waals surface area contributed by atoms with E-state index in [2.05, 4.69) is 0 Å². The molecule has 0 aliphatic rings. The molecule has 20 heavy (non-hydrogen) atoms. The Morgan fingerprint density at radius 1 is 0.750 bits per heavy atom. The first-order valence-corrected chi connectivity index (χ1v) is 6.22. The smallest absolute Gasteiger partial charge is 0.201 e. The molecule has 0 radical (unpaired) electrons. The van der Waals surface area contributed by atoms with Crippen molar-refractivity contribution in [1.29, 1.82) is 0 Å². The predicted octanol–water partition coefficient (Wildman–Crippen LogP) is 3.48. The van der Waals surface area contributed by atoms with Gasteiger partial charge in [-0.1, -0.05) is 48.5 Å². The number of carbonyl (C=O) groups is 1. The molecule has 0 aromatic heterocycles. The highest BCUT2D eigenvalue weighted by Gasteiger charge is 2.19. The summed E-state index contributed by atoms with van der Waals surface area (Å²) in [5, 5.41) is 21.4. The van der Waals surface area contributed by atoms with Gasteiger partial charge in [0.15, 0.2) is 0 Å². The van der Waals surface area contributed by atoms with Crippen LogP contribution in [0.1, 0.15) is 15.9 Å². The van der Waals surface area contributed by atoms with Gasteiger partial charge in [0.1, 0.15) is 17.1 Å². The molecule has 3 aromatic carbocycles. The number of fused-ring (bicyclic) bond motifs is 1. The Kier molecular flexibility index (Phi) is 2.88. The van der Waals surface area contributed by atoms with Gasteiger partial charge in [-0.25, -0.2) is 0 Å². The number of benzene rings is 3. The molecular formula is C17H12O3. The lowest BCUT2D eigenvalue weighted by Crippen LogP contribution is -2.03. The molecule has 0 atom stereocenters. The Hall–Kier alpha value is -2.81. The van der Waals surface area contributed by atoms with Crippen molar-refractivity contribution in [3.05, 3.63) is 71.8 Å². The van der Waals surface area contributed by atoms with Crippen molar-refractivity contribution in [2.24, 2.45) is 0 Å². The van der Waals surface area contributed by atoms with Gasteiger partial charge in [0.2, 0.25) is 5.78 Å². The van der Waals surface area contributed by atoms with Crippen LogP contribution < -0.4 is 0 Å². The van der Waals surface area contributed by atoms with Gasteiger partial charge in [-0.2, -0.15) is 0 Å². The van der Waals surface area contributed by atoms with Crippen LogP contribution >= 0.6 is 0 Å². The summed E-state index contributed by atoms with van der Waals surface area (Å²) in [5.41, 5.74) is 0.392. The SMILES string of the molecule is O=C(c1c(O)cccc1O)c1cccc2ccccc12. The molecule has 0 bridgehead atoms. The largest absolute Gasteiger partial charge is 0.507 e. The van der Waals surface area contributed by atoms with Gasteiger partial charge in [-0.15, -0.1) is 0 Å². The van der Waals surface area contributed by atoms with Crippen LogP contribution in [0, 0.1) is 0 Å². The standard InChI is InChI=1S/C17H12O3/c18-14-9-4-10-15(19)16(14)17(20)13-8-3-6-11-5-1-2-7-12(11)13/h1-10,18-19H. The number of carbonyl (C=O) groups excluding carboxylic acids is 1. The second kappa shape index (κ2) is 4.70. The molecule has 0 unspecified atom stereocenters. The molecule has 3 aromatic rings. The average Bonchev–Trinajstić information content (AvgIpc) is 2.46. The number of rotatable bonds is 2. The lowest BCUT2D eigenvalue weighted by atomic mass is 9.96. The number of aromatic hydroxyl groups is 2. The minimum Gasteiger partial charge on any atom is -0.507 e. The Labute approximate surface area is 115 Å². The van der Waals surface area contributed by atoms with E-state index in [1.54, 1.807) is 12.1 Å². The predicted molar refractivity (Wildman–Crippen MR) is 77.2 cm³/mol. The summed E-state index contributed by atoms with van der Waals surface area (Å²) in [6.45, 7) is 0. The van der Waals surface area contributed by atoms with Crippen molar-refractivity contribution in [2.45, 2.75) is 0 Å². The molecule has 2 N–H and O–H groups in total. The van der Waals surface area contributed by atoms with Gasteiger partial charge in [-0.05, 0) is 22.9 Å². The molecule has 0 fully saturated rings. The average molecular weight is 264 g/mol. The molecule has 0 spiro atoms. The first kappa shape index (κ1) is 12.2. The Morgan fingerprint density at radius 2 is 1.35 bits per heavy atom. The maximum absolute atomic E-state index is 12.6. The summed E-state index contributed by atoms with van der Waals surface area (Å²) < 4.78 is 0. The van der Waals surface area contributed by atoms with Gasteiger partial charge in [0, 0.05) is 5.56 Å². The van der Waals surface area contributed by atoms with Crippen LogP contribution in [0.3, 0.4) is 0 Å². The highest BCUT2D eigenvalue weighted by Crippen LogP contribution is 2.31. The number of phenolic OH excluding ortho intramolecular Hbond substituents is 2. The van der Waals surface area contributed by atoms with E-state index in [1.807, 2.05) is 30.3 Å². The van der Waals surface area contributed by atoms with Crippen molar-refractivity contribution >= 4 is 16.6 Å². The normalized spacial score (nSPS) is 10.6. The van der Waals surface area contributed by atoms with Gasteiger partial charge in [0.25, 0.3) is 0 Å². The molecule has 3 rings (SSSR count). The Morgan fingerprint density at radius 3 is 2.10 bits per heavy atom. The van der Waals surface area contributed by atoms with Crippen LogP contribution in [0.25, 0.3) is 10.8 Å². The molecule has 0 saturated carbocycles. The monoisotopic (exact) mass is 264 g/mol. The summed E-state index contributed by atoms with van der Waals surface area (Å²) >= 11 is 0. The van der Waals surface area contributed by atoms with Crippen LogP contribution in [0.15, 0.2) is 60.7 Å². The quantitative estimate of drug-likeness (QED) is 0.697. The van der Waals surface area contributed by atoms with Crippen molar-refractivity contribution in [3.8, 4) is 11.5 Å². The number of hydrogen-bond donors (Lipinski definition) is 2. The maximum Gasteiger partial charge on any atom is 0.201 e. The van der Waals surface area contributed by atoms with Crippen LogP contribution in [0.2, 0.25) is 0 Å². The number of hydrogen-bond acceptors (Lipinski definition) is 3. The van der Waals surface area contributed by atoms with E-state index >= 15 is 0 Å². The Balaban J connectivity index is 2.24. The molecule has 0 aliphatic heterocycles. The van der Waals surface area contributed by atoms with Crippen molar-refractivity contribution in [2.75, 3.05) is 0 Å². The van der Waals surface area contributed by atoms with E-state index in [0.29, 0.717) is 5.56 Å². The lowest BCUT2D eigenvalue weighted by molar-refractivity contribution is 0.103. The first-order chi connectivity index (χ1) is 9.68. The maximum atomic E-state index is 12.6. The molecule has 3 heteroatoms. The van der Waals surface area contributed by atoms with Crippen molar-refractivity contribution in [3.63, 3.8) is 0 Å². The first-order valence-electron chi connectivity index (χ1n) is 6.22. The molecule has 98 valence electrons. The van der Waals surface area contributed by atoms with Crippen molar-refractivity contribution < 1.29 is 15.0 Å². The lowest BCUT2D eigenvalue weighted by Gasteiger charge is -2.08. The molecule has 0 heterocycles. The topological polar surface area (TPSA) is 57.5 Å². The molecular weight excluding hydrogens is 252 g/mol. The summed E-state index contributed by atoms with van der Waals surface area (Å²) in [6, 6.07) is 17.2. The van der Waals surface area contributed by atoms with Gasteiger partial charge in [0.05, 0.1) is 0 Å². The van der Waals surface area contributed by atoms with E-state index in [0.717, 1.165) is 10.8 Å². The molecule has 0 amide bonds. The highest BCUT2D eigenvalue weighted by molar-refractivity contribution is 6.18. The summed E-state index contributed by atoms with van der Waals surface area (Å²) in [6.07, 6.45) is 0. The third-order valence-electron chi connectivity index (χ3n) is 3.28. The minimum absolute atomic E-state index is 0.0659. The van der Waals surface area contributed by atoms with E-state index in [-0.39, 0.29) is 17.1 Å². The number of phenols is 2. The van der Waals surface area contributed by atoms with Gasteiger partial charge < -0.3 is 10.2 Å². The summed E-state index contributed by atoms with van der Waals surface area (Å²) in [4.78, 5) is 12.6. The molecule has 0 saturated heterocycles. The zero-order valence-corrected chi connectivity index (χ0v) is 10.6. The van der Waals surface area contributed by atoms with E-state index in [9.17, 15) is 15.0 Å². The fourth-order valence-corrected chi connectivity index (χ4v) is 2.32. The number of ketones is 1. The fourth-order valence-electron chi connectivity index (χ4n) is 2.32. The summed E-state index contributed by atoms with van der Waals surface area (Å²) in [5.74, 6) is -0.830. The van der Waals surface area contributed by atoms with Crippen LogP contribution in [-0.2, 0) is 0 Å². The highest BCUT2D eigenvalue weighted by atomic mass is 16.3. The van der Waals surface area contributed by atoms with Crippen LogP contribution in [-0.4, -0.2) is 16.0 Å². The third kappa shape index (κ3) is 1.89. The zero-order valence-electron chi connectivity index (χ0n) is 10.6. The van der Waals surface area contributed by atoms with Crippen LogP contribution in [0.5, 0.6) is 11.5 Å². The van der Waals surface area contributed by atoms with Crippen molar-refractivity contribution in [1.82, 2.24) is 0 Å². The Bertz CT molecular complexity index is 781. The molecule has 0 aliphatic carbocycles. The van der Waals surface area contributed by atoms with Crippen LogP contribution in [0.4, 0.5) is 0 Å². The fraction of sp³-hybridized carbons (Fsp3) is 0. The molecule has 3 nitrogen and oxygen atoms in total. The van der Waals surface area contributed by atoms with E-state index in [1.165, 1.54) is 18.2 Å². The van der Waals surface area contributed by atoms with Gasteiger partial charge in [-0.3, -0.25) is 4.79 Å².